The number of H-pyrrole nitrogens is 1. The summed E-state index contributed by atoms with van der Waals surface area (Å²) >= 11 is 6.26. The highest BCUT2D eigenvalue weighted by atomic mass is 35.5. The first-order valence-electron chi connectivity index (χ1n) is 7.86. The number of aromatic nitrogens is 4. The van der Waals surface area contributed by atoms with E-state index in [4.69, 9.17) is 11.6 Å². The SMILES string of the molecule is COC(=O)c1cnc(-c2ccc(-c3nc4c([nH]3)C=C=CC4)nc2)c(Cl)c1. The molecule has 0 radical (unpaired) electrons. The number of fused-ring (bicyclic) bond motifs is 1. The minimum atomic E-state index is -0.482. The summed E-state index contributed by atoms with van der Waals surface area (Å²) in [6.45, 7) is 0. The van der Waals surface area contributed by atoms with Crippen molar-refractivity contribution in [2.75, 3.05) is 7.11 Å². The first-order valence-corrected chi connectivity index (χ1v) is 8.24. The summed E-state index contributed by atoms with van der Waals surface area (Å²) in [4.78, 5) is 28.1. The summed E-state index contributed by atoms with van der Waals surface area (Å²) in [5.41, 5.74) is 7.31. The molecule has 0 aliphatic heterocycles. The monoisotopic (exact) mass is 364 g/mol. The van der Waals surface area contributed by atoms with Gasteiger partial charge in [-0.2, -0.15) is 0 Å². The van der Waals surface area contributed by atoms with Crippen LogP contribution in [0.1, 0.15) is 21.7 Å². The van der Waals surface area contributed by atoms with Gasteiger partial charge < -0.3 is 9.72 Å². The van der Waals surface area contributed by atoms with E-state index in [0.717, 1.165) is 29.1 Å². The molecule has 0 atom stereocenters. The van der Waals surface area contributed by atoms with Crippen molar-refractivity contribution in [3.63, 3.8) is 0 Å². The van der Waals surface area contributed by atoms with Crippen LogP contribution < -0.4 is 0 Å². The number of hydrogen-bond acceptors (Lipinski definition) is 5. The van der Waals surface area contributed by atoms with Crippen LogP contribution in [0.5, 0.6) is 0 Å². The van der Waals surface area contributed by atoms with Crippen molar-refractivity contribution >= 4 is 23.6 Å². The third-order valence-corrected chi connectivity index (χ3v) is 4.28. The molecule has 4 rings (SSSR count). The molecule has 0 amide bonds. The van der Waals surface area contributed by atoms with E-state index in [2.05, 4.69) is 30.4 Å². The summed E-state index contributed by atoms with van der Waals surface area (Å²) in [5.74, 6) is 0.222. The number of rotatable bonds is 3. The first kappa shape index (κ1) is 16.3. The lowest BCUT2D eigenvalue weighted by molar-refractivity contribution is 0.0600. The van der Waals surface area contributed by atoms with E-state index in [9.17, 15) is 4.79 Å². The number of nitrogens with zero attached hydrogens (tertiary/aromatic N) is 3. The molecule has 26 heavy (non-hydrogen) atoms. The van der Waals surface area contributed by atoms with Gasteiger partial charge in [0.1, 0.15) is 5.69 Å². The normalized spacial score (nSPS) is 12.1. The number of allylic oxidation sites excluding steroid dienone is 1. The molecular formula is C19H13ClN4O2. The van der Waals surface area contributed by atoms with Crippen molar-refractivity contribution in [3.8, 4) is 22.8 Å². The van der Waals surface area contributed by atoms with Crippen molar-refractivity contribution in [1.29, 1.82) is 0 Å². The van der Waals surface area contributed by atoms with Crippen LogP contribution >= 0.6 is 11.6 Å². The Labute approximate surface area is 154 Å². The maximum absolute atomic E-state index is 11.5. The Morgan fingerprint density at radius 2 is 2.19 bits per heavy atom. The number of aromatic amines is 1. The average molecular weight is 365 g/mol. The number of nitrogens with one attached hydrogen (secondary N) is 1. The fourth-order valence-electron chi connectivity index (χ4n) is 2.67. The Bertz CT molecular complexity index is 1060. The second kappa shape index (κ2) is 6.59. The van der Waals surface area contributed by atoms with Gasteiger partial charge in [0.25, 0.3) is 0 Å². The van der Waals surface area contributed by atoms with Crippen molar-refractivity contribution in [3.05, 3.63) is 64.4 Å². The number of carbonyl (C=O) groups is 1. The smallest absolute Gasteiger partial charge is 0.339 e. The fourth-order valence-corrected chi connectivity index (χ4v) is 2.95. The largest absolute Gasteiger partial charge is 0.465 e. The number of carbonyl (C=O) groups excluding carboxylic acids is 1. The lowest BCUT2D eigenvalue weighted by Crippen LogP contribution is -2.02. The van der Waals surface area contributed by atoms with E-state index >= 15 is 0 Å². The van der Waals surface area contributed by atoms with Crippen LogP contribution in [-0.2, 0) is 11.2 Å². The topological polar surface area (TPSA) is 80.8 Å². The molecule has 1 aliphatic carbocycles. The van der Waals surface area contributed by atoms with Crippen molar-refractivity contribution in [1.82, 2.24) is 19.9 Å². The fraction of sp³-hybridized carbons (Fsp3) is 0.105. The second-order valence-corrected chi connectivity index (χ2v) is 6.05. The Hall–Kier alpha value is -3.21. The van der Waals surface area contributed by atoms with E-state index in [0.29, 0.717) is 22.1 Å². The van der Waals surface area contributed by atoms with Gasteiger partial charge in [-0.3, -0.25) is 9.97 Å². The third-order valence-electron chi connectivity index (χ3n) is 3.99. The highest BCUT2D eigenvalue weighted by Crippen LogP contribution is 2.27. The van der Waals surface area contributed by atoms with Gasteiger partial charge in [0.05, 0.1) is 34.8 Å². The minimum absolute atomic E-state index is 0.300. The lowest BCUT2D eigenvalue weighted by Gasteiger charge is -2.06. The number of hydrogen-bond donors (Lipinski definition) is 1. The van der Waals surface area contributed by atoms with Crippen LogP contribution in [0.4, 0.5) is 0 Å². The molecule has 3 aromatic rings. The summed E-state index contributed by atoms with van der Waals surface area (Å²) in [7, 11) is 1.31. The van der Waals surface area contributed by atoms with Crippen LogP contribution in [0.2, 0.25) is 5.02 Å². The van der Waals surface area contributed by atoms with Crippen LogP contribution in [0.3, 0.4) is 0 Å². The van der Waals surface area contributed by atoms with Gasteiger partial charge in [0.15, 0.2) is 5.82 Å². The number of imidazole rings is 1. The maximum Gasteiger partial charge on any atom is 0.339 e. The predicted molar refractivity (Wildman–Crippen MR) is 97.7 cm³/mol. The van der Waals surface area contributed by atoms with Gasteiger partial charge in [-0.15, -0.1) is 5.73 Å². The van der Waals surface area contributed by atoms with Crippen molar-refractivity contribution in [2.24, 2.45) is 0 Å². The van der Waals surface area contributed by atoms with Gasteiger partial charge in [-0.1, -0.05) is 11.6 Å². The first-order chi connectivity index (χ1) is 12.7. The number of ether oxygens (including phenoxy) is 1. The zero-order valence-electron chi connectivity index (χ0n) is 13.8. The molecule has 1 N–H and O–H groups in total. The van der Waals surface area contributed by atoms with Crippen molar-refractivity contribution in [2.45, 2.75) is 6.42 Å². The van der Waals surface area contributed by atoms with E-state index in [-0.39, 0.29) is 0 Å². The number of halogens is 1. The minimum Gasteiger partial charge on any atom is -0.465 e. The molecule has 3 heterocycles. The second-order valence-electron chi connectivity index (χ2n) is 5.64. The molecule has 0 saturated heterocycles. The summed E-state index contributed by atoms with van der Waals surface area (Å²) in [5, 5.41) is 0.354. The lowest BCUT2D eigenvalue weighted by atomic mass is 10.1. The number of pyridine rings is 2. The molecule has 0 aromatic carbocycles. The zero-order valence-corrected chi connectivity index (χ0v) is 14.5. The molecule has 0 unspecified atom stereocenters. The van der Waals surface area contributed by atoms with E-state index in [1.165, 1.54) is 19.4 Å². The Morgan fingerprint density at radius 3 is 2.88 bits per heavy atom. The summed E-state index contributed by atoms with van der Waals surface area (Å²) in [6.07, 6.45) is 7.68. The highest BCUT2D eigenvalue weighted by Gasteiger charge is 2.14. The molecule has 1 aliphatic rings. The van der Waals surface area contributed by atoms with E-state index in [1.54, 1.807) is 6.20 Å². The maximum atomic E-state index is 11.5. The van der Waals surface area contributed by atoms with E-state index in [1.807, 2.05) is 24.3 Å². The van der Waals surface area contributed by atoms with Crippen LogP contribution in [0.25, 0.3) is 28.9 Å². The Balaban J connectivity index is 1.63. The average Bonchev–Trinajstić information content (AvgIpc) is 3.11. The summed E-state index contributed by atoms with van der Waals surface area (Å²) in [6, 6.07) is 5.25. The van der Waals surface area contributed by atoms with Gasteiger partial charge in [-0.25, -0.2) is 9.78 Å². The van der Waals surface area contributed by atoms with Crippen LogP contribution in [0.15, 0.2) is 42.4 Å². The third kappa shape index (κ3) is 2.92. The number of esters is 1. The number of methoxy groups -OCH3 is 1. The van der Waals surface area contributed by atoms with Crippen LogP contribution in [-0.4, -0.2) is 33.0 Å². The predicted octanol–water partition coefficient (Wildman–Crippen LogP) is 3.70. The molecule has 0 bridgehead atoms. The molecule has 0 fully saturated rings. The molecule has 128 valence electrons. The molecule has 3 aromatic heterocycles. The summed E-state index contributed by atoms with van der Waals surface area (Å²) < 4.78 is 4.67. The molecule has 7 heteroatoms. The van der Waals surface area contributed by atoms with E-state index < -0.39 is 5.97 Å². The highest BCUT2D eigenvalue weighted by molar-refractivity contribution is 6.33. The van der Waals surface area contributed by atoms with Crippen LogP contribution in [0, 0.1) is 0 Å². The van der Waals surface area contributed by atoms with Gasteiger partial charge >= 0.3 is 5.97 Å². The van der Waals surface area contributed by atoms with Gasteiger partial charge in [0, 0.05) is 30.5 Å². The molecular weight excluding hydrogens is 352 g/mol. The quantitative estimate of drug-likeness (QED) is 0.566. The standard InChI is InChI=1S/C19H13ClN4O2/c1-26-19(25)12-8-13(20)17(22-10-12)11-6-7-16(21-9-11)18-23-14-4-2-3-5-15(14)24-18/h2,5-10H,4H2,1H3,(H,23,24). The molecule has 0 spiro atoms. The van der Waals surface area contributed by atoms with Crippen molar-refractivity contribution < 1.29 is 9.53 Å². The Kier molecular flexibility index (Phi) is 4.13. The molecule has 6 nitrogen and oxygen atoms in total. The zero-order chi connectivity index (χ0) is 18.1. The van der Waals surface area contributed by atoms with Gasteiger partial charge in [0.2, 0.25) is 0 Å². The Morgan fingerprint density at radius 1 is 1.31 bits per heavy atom. The molecule has 0 saturated carbocycles. The van der Waals surface area contributed by atoms with Gasteiger partial charge in [-0.05, 0) is 24.3 Å².